The summed E-state index contributed by atoms with van der Waals surface area (Å²) < 4.78 is 6.00. The molecule has 144 valence electrons. The molecule has 2 aromatic heterocycles. The molecule has 0 spiro atoms. The Labute approximate surface area is 161 Å². The van der Waals surface area contributed by atoms with E-state index < -0.39 is 6.10 Å². The fraction of sp³-hybridized carbons (Fsp3) is 0.571. The highest BCUT2D eigenvalue weighted by Gasteiger charge is 2.19. The van der Waals surface area contributed by atoms with E-state index in [0.717, 1.165) is 35.5 Å². The molecular weight excluding hydrogens is 344 g/mol. The molecule has 2 aromatic rings. The standard InChI is InChI=1S/C21H32N2O2S/c1-16(2)18-12-11-17(20(24)19-10-9-15-26-19)21(22-18)25-14-8-6-5-7-13-23(3)4/h9-12,15-16,20,24H,5-8,13-14H2,1-4H3. The average Bonchev–Trinajstić information content (AvgIpc) is 3.14. The molecular formula is C21H32N2O2S. The molecule has 0 aliphatic heterocycles. The molecule has 26 heavy (non-hydrogen) atoms. The summed E-state index contributed by atoms with van der Waals surface area (Å²) in [7, 11) is 4.22. The largest absolute Gasteiger partial charge is 0.477 e. The van der Waals surface area contributed by atoms with Crippen LogP contribution >= 0.6 is 11.3 Å². The van der Waals surface area contributed by atoms with Crippen LogP contribution in [0.25, 0.3) is 0 Å². The van der Waals surface area contributed by atoms with E-state index in [1.165, 1.54) is 12.8 Å². The lowest BCUT2D eigenvalue weighted by molar-refractivity contribution is 0.210. The first-order chi connectivity index (χ1) is 12.5. The highest BCUT2D eigenvalue weighted by Crippen LogP contribution is 2.32. The minimum atomic E-state index is -0.682. The molecule has 1 N–H and O–H groups in total. The van der Waals surface area contributed by atoms with Crippen LogP contribution in [0.3, 0.4) is 0 Å². The average molecular weight is 377 g/mol. The van der Waals surface area contributed by atoms with Crippen molar-refractivity contribution in [2.45, 2.75) is 51.6 Å². The van der Waals surface area contributed by atoms with Crippen LogP contribution in [0, 0.1) is 0 Å². The predicted octanol–water partition coefficient (Wildman–Crippen LogP) is 4.85. The third-order valence-electron chi connectivity index (χ3n) is 4.35. The number of rotatable bonds is 11. The first-order valence-corrected chi connectivity index (χ1v) is 10.4. The number of nitrogens with zero attached hydrogens (tertiary/aromatic N) is 2. The number of hydrogen-bond acceptors (Lipinski definition) is 5. The summed E-state index contributed by atoms with van der Waals surface area (Å²) in [6.45, 7) is 6.01. The minimum Gasteiger partial charge on any atom is -0.477 e. The molecule has 0 saturated carbocycles. The van der Waals surface area contributed by atoms with Crippen LogP contribution < -0.4 is 4.74 Å². The zero-order chi connectivity index (χ0) is 18.9. The molecule has 0 radical (unpaired) electrons. The van der Waals surface area contributed by atoms with Crippen molar-refractivity contribution in [3.63, 3.8) is 0 Å². The minimum absolute atomic E-state index is 0.330. The number of pyridine rings is 1. The number of thiophene rings is 1. The van der Waals surface area contributed by atoms with Gasteiger partial charge in [-0.1, -0.05) is 32.8 Å². The van der Waals surface area contributed by atoms with Crippen LogP contribution in [0.1, 0.15) is 67.7 Å². The fourth-order valence-corrected chi connectivity index (χ4v) is 3.49. The van der Waals surface area contributed by atoms with Gasteiger partial charge in [0, 0.05) is 16.1 Å². The smallest absolute Gasteiger partial charge is 0.219 e. The molecule has 4 nitrogen and oxygen atoms in total. The third-order valence-corrected chi connectivity index (χ3v) is 5.27. The Kier molecular flexibility index (Phi) is 8.55. The van der Waals surface area contributed by atoms with Crippen molar-refractivity contribution in [3.05, 3.63) is 45.8 Å². The second-order valence-corrected chi connectivity index (χ2v) is 8.25. The Hall–Kier alpha value is -1.43. The van der Waals surface area contributed by atoms with Gasteiger partial charge in [-0.05, 0) is 63.0 Å². The number of ether oxygens (including phenoxy) is 1. The number of aromatic nitrogens is 1. The van der Waals surface area contributed by atoms with E-state index >= 15 is 0 Å². The van der Waals surface area contributed by atoms with Gasteiger partial charge in [-0.2, -0.15) is 0 Å². The SMILES string of the molecule is CC(C)c1ccc(C(O)c2cccs2)c(OCCCCCCN(C)C)n1. The number of aliphatic hydroxyl groups excluding tert-OH is 1. The van der Waals surface area contributed by atoms with E-state index in [1.807, 2.05) is 29.6 Å². The summed E-state index contributed by atoms with van der Waals surface area (Å²) in [6, 6.07) is 7.84. The molecule has 5 heteroatoms. The van der Waals surface area contributed by atoms with Gasteiger partial charge in [-0.3, -0.25) is 0 Å². The first kappa shape index (κ1) is 20.9. The van der Waals surface area contributed by atoms with Crippen LogP contribution in [0.2, 0.25) is 0 Å². The van der Waals surface area contributed by atoms with E-state index in [1.54, 1.807) is 11.3 Å². The lowest BCUT2D eigenvalue weighted by atomic mass is 10.1. The van der Waals surface area contributed by atoms with Crippen LogP contribution in [-0.2, 0) is 0 Å². The quantitative estimate of drug-likeness (QED) is 0.570. The third kappa shape index (κ3) is 6.38. The highest BCUT2D eigenvalue weighted by molar-refractivity contribution is 7.10. The Morgan fingerprint density at radius 2 is 1.88 bits per heavy atom. The zero-order valence-electron chi connectivity index (χ0n) is 16.4. The lowest BCUT2D eigenvalue weighted by Gasteiger charge is -2.17. The Balaban J connectivity index is 1.97. The Bertz CT molecular complexity index is 641. The fourth-order valence-electron chi connectivity index (χ4n) is 2.76. The summed E-state index contributed by atoms with van der Waals surface area (Å²) in [6.07, 6.45) is 3.91. The van der Waals surface area contributed by atoms with Crippen molar-refractivity contribution >= 4 is 11.3 Å². The Morgan fingerprint density at radius 3 is 2.54 bits per heavy atom. The summed E-state index contributed by atoms with van der Waals surface area (Å²) >= 11 is 1.55. The van der Waals surface area contributed by atoms with Gasteiger partial charge in [-0.25, -0.2) is 4.98 Å². The van der Waals surface area contributed by atoms with Gasteiger partial charge in [0.2, 0.25) is 5.88 Å². The van der Waals surface area contributed by atoms with Gasteiger partial charge < -0.3 is 14.7 Å². The highest BCUT2D eigenvalue weighted by atomic mass is 32.1. The van der Waals surface area contributed by atoms with Crippen molar-refractivity contribution < 1.29 is 9.84 Å². The maximum Gasteiger partial charge on any atom is 0.219 e. The molecule has 0 amide bonds. The molecule has 0 saturated heterocycles. The van der Waals surface area contributed by atoms with Crippen LogP contribution in [0.15, 0.2) is 29.6 Å². The zero-order valence-corrected chi connectivity index (χ0v) is 17.3. The van der Waals surface area contributed by atoms with Crippen LogP contribution in [-0.4, -0.2) is 42.2 Å². The van der Waals surface area contributed by atoms with Gasteiger partial charge in [0.1, 0.15) is 6.10 Å². The van der Waals surface area contributed by atoms with E-state index in [9.17, 15) is 5.11 Å². The second kappa shape index (κ2) is 10.7. The van der Waals surface area contributed by atoms with Gasteiger partial charge in [0.25, 0.3) is 0 Å². The normalized spacial score (nSPS) is 12.7. The molecule has 0 fully saturated rings. The number of hydrogen-bond donors (Lipinski definition) is 1. The molecule has 0 aliphatic carbocycles. The lowest BCUT2D eigenvalue weighted by Crippen LogP contribution is -2.12. The van der Waals surface area contributed by atoms with Crippen molar-refractivity contribution in [1.82, 2.24) is 9.88 Å². The van der Waals surface area contributed by atoms with Crippen molar-refractivity contribution in [1.29, 1.82) is 0 Å². The second-order valence-electron chi connectivity index (χ2n) is 7.27. The van der Waals surface area contributed by atoms with Crippen LogP contribution in [0.4, 0.5) is 0 Å². The monoisotopic (exact) mass is 376 g/mol. The first-order valence-electron chi connectivity index (χ1n) is 9.49. The topological polar surface area (TPSA) is 45.6 Å². The van der Waals surface area contributed by atoms with Gasteiger partial charge in [0.05, 0.1) is 6.61 Å². The molecule has 0 bridgehead atoms. The summed E-state index contributed by atoms with van der Waals surface area (Å²) in [4.78, 5) is 7.81. The van der Waals surface area contributed by atoms with E-state index in [4.69, 9.17) is 4.74 Å². The van der Waals surface area contributed by atoms with Crippen LogP contribution in [0.5, 0.6) is 5.88 Å². The summed E-state index contributed by atoms with van der Waals surface area (Å²) in [5.74, 6) is 0.904. The van der Waals surface area contributed by atoms with Gasteiger partial charge in [0.15, 0.2) is 0 Å². The molecule has 0 aromatic carbocycles. The maximum absolute atomic E-state index is 10.7. The number of aliphatic hydroxyl groups is 1. The predicted molar refractivity (Wildman–Crippen MR) is 109 cm³/mol. The van der Waals surface area contributed by atoms with E-state index in [0.29, 0.717) is 18.4 Å². The van der Waals surface area contributed by atoms with Crippen molar-refractivity contribution in [3.8, 4) is 5.88 Å². The van der Waals surface area contributed by atoms with Gasteiger partial charge >= 0.3 is 0 Å². The molecule has 1 atom stereocenters. The Morgan fingerprint density at radius 1 is 1.12 bits per heavy atom. The maximum atomic E-state index is 10.7. The molecule has 1 unspecified atom stereocenters. The van der Waals surface area contributed by atoms with E-state index in [2.05, 4.69) is 37.8 Å². The van der Waals surface area contributed by atoms with Gasteiger partial charge in [-0.15, -0.1) is 11.3 Å². The summed E-state index contributed by atoms with van der Waals surface area (Å²) in [5.41, 5.74) is 1.75. The molecule has 2 heterocycles. The van der Waals surface area contributed by atoms with E-state index in [-0.39, 0.29) is 0 Å². The van der Waals surface area contributed by atoms with Crippen molar-refractivity contribution in [2.24, 2.45) is 0 Å². The van der Waals surface area contributed by atoms with Crippen molar-refractivity contribution in [2.75, 3.05) is 27.2 Å². The molecule has 2 rings (SSSR count). The molecule has 0 aliphatic rings. The number of unbranched alkanes of at least 4 members (excludes halogenated alkanes) is 3. The summed E-state index contributed by atoms with van der Waals surface area (Å²) in [5, 5.41) is 12.7.